The second-order valence-corrected chi connectivity index (χ2v) is 3.33. The monoisotopic (exact) mass is 246 g/mol. The number of hydrogen-bond acceptors (Lipinski definition) is 4. The lowest BCUT2D eigenvalue weighted by molar-refractivity contribution is -0.392. The van der Waals surface area contributed by atoms with Crippen molar-refractivity contribution in [3.63, 3.8) is 0 Å². The number of halogens is 6. The summed E-state index contributed by atoms with van der Waals surface area (Å²) in [6, 6.07) is 0. The molecule has 1 atom stereocenters. The van der Waals surface area contributed by atoms with Crippen LogP contribution in [0.1, 0.15) is 0 Å². The maximum absolute atomic E-state index is 12.5. The molecule has 14 heavy (non-hydrogen) atoms. The largest absolute Gasteiger partial charge is 0.459 e. The molecule has 0 bridgehead atoms. The van der Waals surface area contributed by atoms with Crippen molar-refractivity contribution in [2.75, 3.05) is 0 Å². The Morgan fingerprint density at radius 1 is 1.00 bits per heavy atom. The molecule has 1 rings (SSSR count). The molecule has 0 aliphatic carbocycles. The van der Waals surface area contributed by atoms with Crippen LogP contribution in [0.2, 0.25) is 0 Å². The second-order valence-electron chi connectivity index (χ2n) is 2.18. The highest BCUT2D eigenvalue weighted by molar-refractivity contribution is 7.82. The Bertz CT molecular complexity index is 345. The third-order valence-corrected chi connectivity index (χ3v) is 2.01. The minimum atomic E-state index is -6.24. The van der Waals surface area contributed by atoms with Gasteiger partial charge in [-0.3, -0.25) is 0 Å². The average molecular weight is 246 g/mol. The van der Waals surface area contributed by atoms with E-state index in [-0.39, 0.29) is 0 Å². The summed E-state index contributed by atoms with van der Waals surface area (Å²) in [4.78, 5) is 0. The highest BCUT2D eigenvalue weighted by Gasteiger charge is 2.82. The van der Waals surface area contributed by atoms with Crippen LogP contribution in [0.25, 0.3) is 0 Å². The molecule has 1 fully saturated rings. The van der Waals surface area contributed by atoms with Gasteiger partial charge in [-0.25, -0.2) is 0 Å². The van der Waals surface area contributed by atoms with Crippen LogP contribution in [0.4, 0.5) is 26.3 Å². The summed E-state index contributed by atoms with van der Waals surface area (Å²) >= 11 is 0. The Morgan fingerprint density at radius 2 is 1.43 bits per heavy atom. The molecule has 0 N–H and O–H groups in total. The van der Waals surface area contributed by atoms with Crippen LogP contribution in [0.3, 0.4) is 0 Å². The van der Waals surface area contributed by atoms with E-state index in [4.69, 9.17) is 0 Å². The van der Waals surface area contributed by atoms with Crippen LogP contribution in [0, 0.1) is 0 Å². The minimum Gasteiger partial charge on any atom is -0.190 e. The smallest absolute Gasteiger partial charge is 0.190 e. The van der Waals surface area contributed by atoms with E-state index in [9.17, 15) is 34.8 Å². The van der Waals surface area contributed by atoms with Gasteiger partial charge in [0.1, 0.15) is 0 Å². The van der Waals surface area contributed by atoms with E-state index in [2.05, 4.69) is 8.37 Å². The molecule has 0 aromatic heterocycles. The lowest BCUT2D eigenvalue weighted by Gasteiger charge is -2.22. The third kappa shape index (κ3) is 1.44. The molecule has 0 amide bonds. The van der Waals surface area contributed by atoms with Gasteiger partial charge in [-0.2, -0.15) is 43.1 Å². The van der Waals surface area contributed by atoms with E-state index in [0.717, 1.165) is 0 Å². The normalized spacial score (nSPS) is 35.9. The molecule has 1 aliphatic rings. The van der Waals surface area contributed by atoms with E-state index in [1.807, 2.05) is 0 Å². The first kappa shape index (κ1) is 11.5. The van der Waals surface area contributed by atoms with Gasteiger partial charge >= 0.3 is 28.5 Å². The van der Waals surface area contributed by atoms with Gasteiger partial charge in [0.25, 0.3) is 0 Å². The van der Waals surface area contributed by atoms with E-state index in [1.165, 1.54) is 0 Å². The van der Waals surface area contributed by atoms with Crippen molar-refractivity contribution in [3.8, 4) is 0 Å². The molecule has 0 aromatic carbocycles. The Kier molecular flexibility index (Phi) is 2.07. The molecule has 1 unspecified atom stereocenters. The molecule has 11 heteroatoms. The Hall–Kier alpha value is -0.550. The van der Waals surface area contributed by atoms with Crippen molar-refractivity contribution in [1.29, 1.82) is 0 Å². The fourth-order valence-electron chi connectivity index (χ4n) is 0.600. The SMILES string of the molecule is O=S1(=O)OC(F)(F)C(F)(C(F)(F)F)O1. The molecule has 4 nitrogen and oxygen atoms in total. The molecule has 0 spiro atoms. The zero-order chi connectivity index (χ0) is 11.4. The highest BCUT2D eigenvalue weighted by atomic mass is 32.3. The van der Waals surface area contributed by atoms with Gasteiger partial charge in [-0.15, -0.1) is 0 Å². The Labute approximate surface area is 72.7 Å². The summed E-state index contributed by atoms with van der Waals surface area (Å²) in [5, 5.41) is 0. The summed E-state index contributed by atoms with van der Waals surface area (Å²) in [7, 11) is -5.69. The summed E-state index contributed by atoms with van der Waals surface area (Å²) in [5.41, 5.74) is 0. The predicted molar refractivity (Wildman–Crippen MR) is 25.9 cm³/mol. The fraction of sp³-hybridized carbons (Fsp3) is 1.00. The first-order valence-electron chi connectivity index (χ1n) is 2.71. The van der Waals surface area contributed by atoms with Gasteiger partial charge in [-0.1, -0.05) is 0 Å². The predicted octanol–water partition coefficient (Wildman–Crippen LogP) is 1.10. The van der Waals surface area contributed by atoms with Gasteiger partial charge in [0.15, 0.2) is 0 Å². The van der Waals surface area contributed by atoms with Crippen molar-refractivity contribution >= 4 is 10.4 Å². The molecule has 1 heterocycles. The molecular weight excluding hydrogens is 246 g/mol. The molecule has 0 aromatic rings. The molecule has 0 saturated carbocycles. The zero-order valence-corrected chi connectivity index (χ0v) is 6.63. The van der Waals surface area contributed by atoms with E-state index in [1.54, 1.807) is 0 Å². The van der Waals surface area contributed by atoms with Crippen LogP contribution < -0.4 is 0 Å². The lowest BCUT2D eigenvalue weighted by Crippen LogP contribution is -2.53. The van der Waals surface area contributed by atoms with Gasteiger partial charge in [0.2, 0.25) is 0 Å². The van der Waals surface area contributed by atoms with E-state index < -0.39 is 28.5 Å². The fourth-order valence-corrected chi connectivity index (χ4v) is 1.47. The highest BCUT2D eigenvalue weighted by Crippen LogP contribution is 2.52. The van der Waals surface area contributed by atoms with Crippen LogP contribution in [0.15, 0.2) is 0 Å². The van der Waals surface area contributed by atoms with Crippen LogP contribution in [-0.2, 0) is 18.8 Å². The van der Waals surface area contributed by atoms with Crippen LogP contribution in [-0.4, -0.2) is 26.6 Å². The molecule has 1 aliphatic heterocycles. The first-order chi connectivity index (χ1) is 5.91. The minimum absolute atomic E-state index is 2.50. The van der Waals surface area contributed by atoms with Crippen molar-refractivity contribution < 1.29 is 43.1 Å². The lowest BCUT2D eigenvalue weighted by atomic mass is 10.3. The molecule has 0 radical (unpaired) electrons. The number of hydrogen-bond donors (Lipinski definition) is 0. The maximum Gasteiger partial charge on any atom is 0.459 e. The standard InChI is InChI=1S/C3F6O4S/c4-1(2(5,6)7)3(8,9)13-14(10,11)12-1. The quantitative estimate of drug-likeness (QED) is 0.600. The maximum atomic E-state index is 12.5. The molecular formula is C3F6O4S. The summed E-state index contributed by atoms with van der Waals surface area (Å²) in [6.45, 7) is 0. The van der Waals surface area contributed by atoms with Gasteiger partial charge in [-0.05, 0) is 0 Å². The Morgan fingerprint density at radius 3 is 1.57 bits per heavy atom. The summed E-state index contributed by atoms with van der Waals surface area (Å²) in [6.07, 6.45) is -11.9. The number of alkyl halides is 6. The summed E-state index contributed by atoms with van der Waals surface area (Å²) in [5.74, 6) is -5.68. The van der Waals surface area contributed by atoms with Crippen molar-refractivity contribution in [3.05, 3.63) is 0 Å². The van der Waals surface area contributed by atoms with Crippen molar-refractivity contribution in [1.82, 2.24) is 0 Å². The summed E-state index contributed by atoms with van der Waals surface area (Å²) < 4.78 is 96.9. The number of rotatable bonds is 0. The van der Waals surface area contributed by atoms with Gasteiger partial charge in [0.05, 0.1) is 0 Å². The van der Waals surface area contributed by atoms with E-state index in [0.29, 0.717) is 0 Å². The first-order valence-corrected chi connectivity index (χ1v) is 4.04. The average Bonchev–Trinajstić information content (AvgIpc) is 1.94. The topological polar surface area (TPSA) is 52.6 Å². The van der Waals surface area contributed by atoms with Crippen LogP contribution in [0.5, 0.6) is 0 Å². The van der Waals surface area contributed by atoms with Crippen molar-refractivity contribution in [2.24, 2.45) is 0 Å². The van der Waals surface area contributed by atoms with Gasteiger partial charge < -0.3 is 0 Å². The Balaban J connectivity index is 3.26. The second kappa shape index (κ2) is 2.52. The van der Waals surface area contributed by atoms with Gasteiger partial charge in [0, 0.05) is 0 Å². The van der Waals surface area contributed by atoms with Crippen LogP contribution >= 0.6 is 0 Å². The van der Waals surface area contributed by atoms with Crippen molar-refractivity contribution in [2.45, 2.75) is 18.1 Å². The molecule has 84 valence electrons. The zero-order valence-electron chi connectivity index (χ0n) is 5.81. The third-order valence-electron chi connectivity index (χ3n) is 1.16. The van der Waals surface area contributed by atoms with E-state index >= 15 is 0 Å². The molecule has 1 saturated heterocycles.